The number of pyridine rings is 1. The molecule has 0 saturated carbocycles. The molecule has 170 valence electrons. The topological polar surface area (TPSA) is 107 Å². The molecule has 0 spiro atoms. The summed E-state index contributed by atoms with van der Waals surface area (Å²) in [6.07, 6.45) is 1.18. The van der Waals surface area contributed by atoms with Crippen LogP contribution < -0.4 is 15.0 Å². The van der Waals surface area contributed by atoms with Crippen molar-refractivity contribution in [3.8, 4) is 17.3 Å². The van der Waals surface area contributed by atoms with Crippen LogP contribution in [-0.4, -0.2) is 56.7 Å². The van der Waals surface area contributed by atoms with E-state index in [2.05, 4.69) is 41.4 Å². The molecule has 1 N–H and O–H groups in total. The van der Waals surface area contributed by atoms with E-state index in [-0.39, 0.29) is 0 Å². The van der Waals surface area contributed by atoms with Crippen LogP contribution in [0.25, 0.3) is 28.1 Å². The van der Waals surface area contributed by atoms with Crippen molar-refractivity contribution < 1.29 is 14.3 Å². The second-order valence-electron chi connectivity index (χ2n) is 8.70. The van der Waals surface area contributed by atoms with Crippen molar-refractivity contribution in [2.45, 2.75) is 26.4 Å². The lowest BCUT2D eigenvalue weighted by molar-refractivity contribution is 0.0636. The number of rotatable bonds is 2. The number of nitrogens with one attached hydrogen (secondary N) is 1. The number of halogens is 1. The number of hydrogen-bond acceptors (Lipinski definition) is 8. The third kappa shape index (κ3) is 3.92. The number of carbonyl (C=O) groups excluding carboxylic acids is 1. The predicted octanol–water partition coefficient (Wildman–Crippen LogP) is 4.28. The lowest BCUT2D eigenvalue weighted by Crippen LogP contribution is -2.29. The normalized spacial score (nSPS) is 13.7. The molecule has 0 radical (unpaired) electrons. The fourth-order valence-electron chi connectivity index (χ4n) is 3.61. The van der Waals surface area contributed by atoms with Crippen LogP contribution in [0.4, 0.5) is 16.2 Å². The van der Waals surface area contributed by atoms with Gasteiger partial charge in [-0.15, -0.1) is 10.2 Å². The Kier molecular flexibility index (Phi) is 5.08. The van der Waals surface area contributed by atoms with Crippen molar-refractivity contribution in [3.63, 3.8) is 0 Å². The zero-order valence-corrected chi connectivity index (χ0v) is 20.2. The third-order valence-electron chi connectivity index (χ3n) is 5.12. The molecule has 5 rings (SSSR count). The van der Waals surface area contributed by atoms with Crippen LogP contribution in [-0.2, 0) is 4.74 Å². The van der Waals surface area contributed by atoms with E-state index in [1.54, 1.807) is 16.8 Å². The fraction of sp³-hybridized carbons (Fsp3) is 0.318. The molecule has 0 unspecified atom stereocenters. The Balaban J connectivity index is 1.60. The number of hydrogen-bond donors (Lipinski definition) is 1. The van der Waals surface area contributed by atoms with Crippen LogP contribution >= 0.6 is 15.9 Å². The number of fused-ring (bicyclic) bond motifs is 4. The number of likely N-dealkylation sites (N-methyl/N-ethyl adjacent to an activating group) is 1. The van der Waals surface area contributed by atoms with Crippen molar-refractivity contribution in [2.75, 3.05) is 30.4 Å². The number of amides is 1. The Bertz CT molecular complexity index is 1400. The quantitative estimate of drug-likeness (QED) is 0.424. The van der Waals surface area contributed by atoms with Gasteiger partial charge in [0, 0.05) is 16.9 Å². The second kappa shape index (κ2) is 7.84. The first-order chi connectivity index (χ1) is 15.7. The average molecular weight is 512 g/mol. The Hall–Kier alpha value is -3.47. The molecule has 1 aromatic carbocycles. The summed E-state index contributed by atoms with van der Waals surface area (Å²) in [5.74, 6) is 1.11. The number of nitrogens with zero attached hydrogens (tertiary/aromatic N) is 6. The van der Waals surface area contributed by atoms with Crippen LogP contribution in [0.3, 0.4) is 0 Å². The van der Waals surface area contributed by atoms with E-state index in [4.69, 9.17) is 14.5 Å². The van der Waals surface area contributed by atoms with Crippen LogP contribution in [0.5, 0.6) is 5.75 Å². The van der Waals surface area contributed by atoms with E-state index >= 15 is 0 Å². The van der Waals surface area contributed by atoms with E-state index in [9.17, 15) is 4.79 Å². The molecule has 0 fully saturated rings. The molecule has 11 heteroatoms. The molecule has 1 aliphatic rings. The lowest BCUT2D eigenvalue weighted by Gasteiger charge is -2.26. The SMILES string of the molecule is CN1CCOc2c1cnn1c(-c3ccc4c(Br)ccc(NC(=O)OC(C)(C)C)c4n3)nnc21. The van der Waals surface area contributed by atoms with E-state index in [1.165, 1.54) is 0 Å². The summed E-state index contributed by atoms with van der Waals surface area (Å²) in [7, 11) is 1.98. The van der Waals surface area contributed by atoms with E-state index in [1.807, 2.05) is 46.0 Å². The van der Waals surface area contributed by atoms with Gasteiger partial charge in [-0.1, -0.05) is 15.9 Å². The minimum absolute atomic E-state index is 0.467. The minimum atomic E-state index is -0.616. The van der Waals surface area contributed by atoms with Gasteiger partial charge in [0.1, 0.15) is 23.6 Å². The summed E-state index contributed by atoms with van der Waals surface area (Å²) in [5, 5.41) is 16.8. The molecule has 3 aromatic heterocycles. The van der Waals surface area contributed by atoms with Crippen LogP contribution in [0.1, 0.15) is 20.8 Å². The largest absolute Gasteiger partial charge is 0.486 e. The van der Waals surface area contributed by atoms with Crippen LogP contribution in [0.15, 0.2) is 34.9 Å². The smallest absolute Gasteiger partial charge is 0.412 e. The van der Waals surface area contributed by atoms with Gasteiger partial charge < -0.3 is 14.4 Å². The van der Waals surface area contributed by atoms with Crippen molar-refractivity contribution in [3.05, 3.63) is 34.9 Å². The number of benzene rings is 1. The van der Waals surface area contributed by atoms with E-state index < -0.39 is 11.7 Å². The third-order valence-corrected chi connectivity index (χ3v) is 5.82. The van der Waals surface area contributed by atoms with Gasteiger partial charge in [0.25, 0.3) is 0 Å². The Morgan fingerprint density at radius 3 is 2.82 bits per heavy atom. The molecule has 4 aromatic rings. The molecule has 1 aliphatic heterocycles. The van der Waals surface area contributed by atoms with Crippen molar-refractivity contribution in [1.82, 2.24) is 24.8 Å². The highest BCUT2D eigenvalue weighted by atomic mass is 79.9. The van der Waals surface area contributed by atoms with Gasteiger partial charge in [0.15, 0.2) is 5.75 Å². The highest BCUT2D eigenvalue weighted by Crippen LogP contribution is 2.35. The van der Waals surface area contributed by atoms with E-state index in [0.717, 1.165) is 22.1 Å². The van der Waals surface area contributed by atoms with Crippen molar-refractivity contribution >= 4 is 49.9 Å². The van der Waals surface area contributed by atoms with E-state index in [0.29, 0.717) is 40.7 Å². The molecular weight excluding hydrogens is 490 g/mol. The van der Waals surface area contributed by atoms with Crippen LogP contribution in [0.2, 0.25) is 0 Å². The predicted molar refractivity (Wildman–Crippen MR) is 128 cm³/mol. The standard InChI is InChI=1S/C22H22BrN7O3/c1-22(2,3)33-21(31)26-14-8-6-13(23)12-5-7-15(25-17(12)14)19-27-28-20-18-16(11-24-30(19)20)29(4)9-10-32-18/h5-8,11H,9-10H2,1-4H3,(H,26,31). The lowest BCUT2D eigenvalue weighted by atomic mass is 10.1. The maximum Gasteiger partial charge on any atom is 0.412 e. The number of aromatic nitrogens is 5. The summed E-state index contributed by atoms with van der Waals surface area (Å²) < 4.78 is 13.7. The summed E-state index contributed by atoms with van der Waals surface area (Å²) in [6.45, 7) is 6.78. The first-order valence-corrected chi connectivity index (χ1v) is 11.2. The molecular formula is C22H22BrN7O3. The Labute approximate surface area is 198 Å². The zero-order valence-electron chi connectivity index (χ0n) is 18.6. The highest BCUT2D eigenvalue weighted by molar-refractivity contribution is 9.10. The first-order valence-electron chi connectivity index (χ1n) is 10.4. The molecule has 0 aliphatic carbocycles. The molecule has 1 amide bonds. The molecule has 33 heavy (non-hydrogen) atoms. The van der Waals surface area contributed by atoms with Gasteiger partial charge in [0.2, 0.25) is 11.5 Å². The fourth-order valence-corrected chi connectivity index (χ4v) is 4.07. The van der Waals surface area contributed by atoms with Gasteiger partial charge >= 0.3 is 6.09 Å². The van der Waals surface area contributed by atoms with Gasteiger partial charge in [-0.25, -0.2) is 9.78 Å². The molecule has 0 atom stereocenters. The summed E-state index contributed by atoms with van der Waals surface area (Å²) in [6, 6.07) is 7.37. The van der Waals surface area contributed by atoms with Crippen molar-refractivity contribution in [1.29, 1.82) is 0 Å². The minimum Gasteiger partial charge on any atom is -0.486 e. The summed E-state index contributed by atoms with van der Waals surface area (Å²) >= 11 is 3.56. The Morgan fingerprint density at radius 2 is 2.03 bits per heavy atom. The average Bonchev–Trinajstić information content (AvgIpc) is 3.19. The number of anilines is 2. The maximum atomic E-state index is 12.4. The molecule has 4 heterocycles. The number of ether oxygens (including phenoxy) is 2. The molecule has 0 saturated heterocycles. The molecule has 0 bridgehead atoms. The number of carbonyl (C=O) groups is 1. The highest BCUT2D eigenvalue weighted by Gasteiger charge is 2.23. The second-order valence-corrected chi connectivity index (χ2v) is 9.56. The molecule has 10 nitrogen and oxygen atoms in total. The maximum absolute atomic E-state index is 12.4. The van der Waals surface area contributed by atoms with Gasteiger partial charge in [-0.05, 0) is 45.0 Å². The van der Waals surface area contributed by atoms with Gasteiger partial charge in [-0.2, -0.15) is 9.61 Å². The monoisotopic (exact) mass is 511 g/mol. The summed E-state index contributed by atoms with van der Waals surface area (Å²) in [5.41, 5.74) is 2.43. The Morgan fingerprint density at radius 1 is 1.21 bits per heavy atom. The van der Waals surface area contributed by atoms with Crippen LogP contribution in [0, 0.1) is 0 Å². The zero-order chi connectivity index (χ0) is 23.3. The summed E-state index contributed by atoms with van der Waals surface area (Å²) in [4.78, 5) is 19.2. The van der Waals surface area contributed by atoms with Gasteiger partial charge in [0.05, 0.1) is 23.9 Å². The van der Waals surface area contributed by atoms with Gasteiger partial charge in [-0.3, -0.25) is 5.32 Å². The van der Waals surface area contributed by atoms with Crippen molar-refractivity contribution in [2.24, 2.45) is 0 Å². The first kappa shape index (κ1) is 21.4.